The lowest BCUT2D eigenvalue weighted by Gasteiger charge is -2.35. The van der Waals surface area contributed by atoms with Gasteiger partial charge in [0.15, 0.2) is 5.82 Å². The van der Waals surface area contributed by atoms with Crippen molar-refractivity contribution < 1.29 is 0 Å². The maximum atomic E-state index is 5.32. The molecular formula is C41H27N3S. The Morgan fingerprint density at radius 2 is 1.36 bits per heavy atom. The highest BCUT2D eigenvalue weighted by atomic mass is 32.1. The van der Waals surface area contributed by atoms with Gasteiger partial charge in [-0.15, -0.1) is 11.3 Å². The molecule has 1 aliphatic rings. The summed E-state index contributed by atoms with van der Waals surface area (Å²) in [5.74, 6) is 0.752. The lowest BCUT2D eigenvalue weighted by molar-refractivity contribution is 0.630. The quantitative estimate of drug-likeness (QED) is 0.200. The Morgan fingerprint density at radius 3 is 2.27 bits per heavy atom. The van der Waals surface area contributed by atoms with Gasteiger partial charge >= 0.3 is 0 Å². The van der Waals surface area contributed by atoms with Gasteiger partial charge in [0.25, 0.3) is 0 Å². The van der Waals surface area contributed by atoms with Gasteiger partial charge in [0.05, 0.1) is 22.4 Å². The third-order valence-corrected chi connectivity index (χ3v) is 11.0. The second-order valence-corrected chi connectivity index (χ2v) is 13.6. The molecule has 3 aromatic heterocycles. The molecule has 0 aliphatic carbocycles. The molecular weight excluding hydrogens is 567 g/mol. The molecule has 0 saturated carbocycles. The van der Waals surface area contributed by atoms with Crippen LogP contribution in [0.1, 0.15) is 25.0 Å². The zero-order valence-corrected chi connectivity index (χ0v) is 25.7. The zero-order valence-electron chi connectivity index (χ0n) is 24.9. The first-order valence-electron chi connectivity index (χ1n) is 15.4. The summed E-state index contributed by atoms with van der Waals surface area (Å²) in [5.41, 5.74) is 9.13. The molecule has 3 nitrogen and oxygen atoms in total. The number of aromatic nitrogens is 3. The van der Waals surface area contributed by atoms with Crippen molar-refractivity contribution in [3.63, 3.8) is 0 Å². The van der Waals surface area contributed by atoms with Crippen LogP contribution in [0.2, 0.25) is 0 Å². The van der Waals surface area contributed by atoms with Gasteiger partial charge in [-0.05, 0) is 46.2 Å². The average molecular weight is 594 g/mol. The molecule has 0 saturated heterocycles. The number of hydrogen-bond donors (Lipinski definition) is 0. The lowest BCUT2D eigenvalue weighted by atomic mass is 9.74. The number of thiophene rings is 1. The van der Waals surface area contributed by atoms with E-state index < -0.39 is 0 Å². The Morgan fingerprint density at radius 1 is 0.622 bits per heavy atom. The summed E-state index contributed by atoms with van der Waals surface area (Å²) >= 11 is 1.89. The molecule has 0 N–H and O–H groups in total. The number of para-hydroxylation sites is 2. The van der Waals surface area contributed by atoms with Crippen molar-refractivity contribution in [1.82, 2.24) is 14.5 Å². The van der Waals surface area contributed by atoms with E-state index in [1.54, 1.807) is 0 Å². The van der Waals surface area contributed by atoms with E-state index in [-0.39, 0.29) is 5.41 Å². The van der Waals surface area contributed by atoms with Gasteiger partial charge < -0.3 is 4.57 Å². The van der Waals surface area contributed by atoms with Crippen molar-refractivity contribution in [3.05, 3.63) is 139 Å². The van der Waals surface area contributed by atoms with E-state index in [9.17, 15) is 0 Å². The molecule has 6 aromatic carbocycles. The first kappa shape index (κ1) is 25.1. The van der Waals surface area contributed by atoms with Crippen LogP contribution in [0.5, 0.6) is 0 Å². The molecule has 0 fully saturated rings. The van der Waals surface area contributed by atoms with Crippen LogP contribution in [0.3, 0.4) is 0 Å². The van der Waals surface area contributed by atoms with E-state index >= 15 is 0 Å². The summed E-state index contributed by atoms with van der Waals surface area (Å²) in [6.45, 7) is 4.74. The predicted octanol–water partition coefficient (Wildman–Crippen LogP) is 11.1. The van der Waals surface area contributed by atoms with Crippen LogP contribution in [-0.2, 0) is 5.41 Å². The van der Waals surface area contributed by atoms with Crippen molar-refractivity contribution in [2.75, 3.05) is 0 Å². The second-order valence-electron chi connectivity index (χ2n) is 12.6. The zero-order chi connectivity index (χ0) is 29.9. The molecule has 9 aromatic rings. The average Bonchev–Trinajstić information content (AvgIpc) is 3.62. The van der Waals surface area contributed by atoms with E-state index in [4.69, 9.17) is 9.97 Å². The van der Waals surface area contributed by atoms with Gasteiger partial charge in [-0.3, -0.25) is 0 Å². The summed E-state index contributed by atoms with van der Waals surface area (Å²) in [6.07, 6.45) is 0. The molecule has 4 heterocycles. The maximum Gasteiger partial charge on any atom is 0.161 e. The molecule has 45 heavy (non-hydrogen) atoms. The summed E-state index contributed by atoms with van der Waals surface area (Å²) < 4.78 is 3.85. The highest BCUT2D eigenvalue weighted by molar-refractivity contribution is 7.25. The van der Waals surface area contributed by atoms with E-state index in [1.165, 1.54) is 53.4 Å². The fraction of sp³-hybridized carbons (Fsp3) is 0.0732. The van der Waals surface area contributed by atoms with E-state index in [0.29, 0.717) is 0 Å². The van der Waals surface area contributed by atoms with E-state index in [2.05, 4.69) is 146 Å². The van der Waals surface area contributed by atoms with E-state index in [0.717, 1.165) is 38.9 Å². The van der Waals surface area contributed by atoms with Gasteiger partial charge in [-0.2, -0.15) is 0 Å². The first-order chi connectivity index (χ1) is 22.1. The standard InChI is InChI=1S/C41H27N3S/c1-41(2)31-18-10-17-30-36-29-15-6-8-20-35(29)45-40(36)44(38(30)31)34-22-21-25(23-32(34)41)37-28-14-5-7-19-33(28)42-39(43-37)27-16-9-12-24-11-3-4-13-26(24)27/h3-23H,1-2H3. The number of nitrogens with zero attached hydrogens (tertiary/aromatic N) is 3. The second kappa shape index (κ2) is 8.87. The molecule has 4 heteroatoms. The van der Waals surface area contributed by atoms with Gasteiger partial charge in [-0.25, -0.2) is 9.97 Å². The molecule has 0 bridgehead atoms. The van der Waals surface area contributed by atoms with Gasteiger partial charge in [0, 0.05) is 42.8 Å². The van der Waals surface area contributed by atoms with Crippen LogP contribution < -0.4 is 0 Å². The minimum Gasteiger partial charge on any atom is -0.300 e. The highest BCUT2D eigenvalue weighted by Gasteiger charge is 2.36. The molecule has 0 spiro atoms. The normalized spacial score (nSPS) is 13.7. The van der Waals surface area contributed by atoms with Crippen LogP contribution in [0.25, 0.3) is 81.2 Å². The monoisotopic (exact) mass is 593 g/mol. The molecule has 0 unspecified atom stereocenters. The molecule has 10 rings (SSSR count). The fourth-order valence-electron chi connectivity index (χ4n) is 7.63. The van der Waals surface area contributed by atoms with Gasteiger partial charge in [0.2, 0.25) is 0 Å². The smallest absolute Gasteiger partial charge is 0.161 e. The van der Waals surface area contributed by atoms with Crippen LogP contribution >= 0.6 is 11.3 Å². The topological polar surface area (TPSA) is 30.7 Å². The van der Waals surface area contributed by atoms with Crippen LogP contribution in [0.4, 0.5) is 0 Å². The van der Waals surface area contributed by atoms with Crippen molar-refractivity contribution in [1.29, 1.82) is 0 Å². The Hall–Kier alpha value is -5.32. The molecule has 0 atom stereocenters. The summed E-state index contributed by atoms with van der Waals surface area (Å²) in [5, 5.41) is 7.45. The van der Waals surface area contributed by atoms with Crippen molar-refractivity contribution in [3.8, 4) is 28.3 Å². The number of hydrogen-bond acceptors (Lipinski definition) is 3. The lowest BCUT2D eigenvalue weighted by Crippen LogP contribution is -2.26. The third kappa shape index (κ3) is 3.35. The summed E-state index contributed by atoms with van der Waals surface area (Å²) in [6, 6.07) is 45.9. The number of benzene rings is 6. The Balaban J connectivity index is 1.26. The first-order valence-corrected chi connectivity index (χ1v) is 16.2. The predicted molar refractivity (Wildman–Crippen MR) is 190 cm³/mol. The maximum absolute atomic E-state index is 5.32. The minimum absolute atomic E-state index is 0.196. The van der Waals surface area contributed by atoms with Crippen LogP contribution in [0, 0.1) is 0 Å². The van der Waals surface area contributed by atoms with Crippen LogP contribution in [-0.4, -0.2) is 14.5 Å². The SMILES string of the molecule is CC1(C)c2cc(-c3nc(-c4cccc5ccccc45)nc4ccccc34)ccc2-n2c3sc4ccccc4c3c3cccc1c32. The van der Waals surface area contributed by atoms with Gasteiger partial charge in [-0.1, -0.05) is 117 Å². The van der Waals surface area contributed by atoms with Crippen molar-refractivity contribution >= 4 is 64.2 Å². The molecule has 212 valence electrons. The van der Waals surface area contributed by atoms with Crippen LogP contribution in [0.15, 0.2) is 127 Å². The molecule has 1 aliphatic heterocycles. The molecule has 0 radical (unpaired) electrons. The number of fused-ring (bicyclic) bond motifs is 9. The fourth-order valence-corrected chi connectivity index (χ4v) is 8.87. The van der Waals surface area contributed by atoms with Gasteiger partial charge in [0.1, 0.15) is 4.83 Å². The largest absolute Gasteiger partial charge is 0.300 e. The van der Waals surface area contributed by atoms with E-state index in [1.807, 2.05) is 11.3 Å². The number of rotatable bonds is 2. The summed E-state index contributed by atoms with van der Waals surface area (Å²) in [4.78, 5) is 11.7. The molecule has 0 amide bonds. The van der Waals surface area contributed by atoms with Crippen molar-refractivity contribution in [2.45, 2.75) is 19.3 Å². The van der Waals surface area contributed by atoms with Crippen molar-refractivity contribution in [2.24, 2.45) is 0 Å². The minimum atomic E-state index is -0.196. The highest BCUT2D eigenvalue weighted by Crippen LogP contribution is 2.51. The third-order valence-electron chi connectivity index (χ3n) is 9.80. The summed E-state index contributed by atoms with van der Waals surface area (Å²) in [7, 11) is 0. The Labute approximate surface area is 264 Å². The Kier molecular flexibility index (Phi) is 4.94. The Bertz CT molecular complexity index is 2690.